The molecular formula is C17H24N2O. The molecule has 108 valence electrons. The lowest BCUT2D eigenvalue weighted by atomic mass is 9.91. The van der Waals surface area contributed by atoms with Gasteiger partial charge in [0, 0.05) is 5.41 Å². The first-order chi connectivity index (χ1) is 9.18. The van der Waals surface area contributed by atoms with Gasteiger partial charge in [0.2, 0.25) is 0 Å². The Hall–Kier alpha value is -1.61. The molecule has 0 unspecified atom stereocenters. The SMILES string of the molecule is CC(C)(C)c1cc(C(C)(C)O)n(Cc2ccccc2)n1. The van der Waals surface area contributed by atoms with Gasteiger partial charge in [-0.15, -0.1) is 0 Å². The van der Waals surface area contributed by atoms with Crippen LogP contribution in [0.2, 0.25) is 0 Å². The Morgan fingerprint density at radius 3 is 2.15 bits per heavy atom. The smallest absolute Gasteiger partial charge is 0.101 e. The highest BCUT2D eigenvalue weighted by molar-refractivity contribution is 5.23. The summed E-state index contributed by atoms with van der Waals surface area (Å²) in [6.45, 7) is 10.7. The third-order valence-electron chi connectivity index (χ3n) is 3.35. The Morgan fingerprint density at radius 1 is 1.05 bits per heavy atom. The number of nitrogens with zero attached hydrogens (tertiary/aromatic N) is 2. The van der Waals surface area contributed by atoms with Crippen LogP contribution in [0.5, 0.6) is 0 Å². The maximum atomic E-state index is 10.4. The fraction of sp³-hybridized carbons (Fsp3) is 0.471. The Kier molecular flexibility index (Phi) is 3.74. The molecule has 3 nitrogen and oxygen atoms in total. The van der Waals surface area contributed by atoms with Crippen LogP contribution < -0.4 is 0 Å². The molecule has 0 atom stereocenters. The van der Waals surface area contributed by atoms with E-state index in [1.54, 1.807) is 13.8 Å². The van der Waals surface area contributed by atoms with Crippen molar-refractivity contribution in [2.45, 2.75) is 52.2 Å². The fourth-order valence-corrected chi connectivity index (χ4v) is 2.15. The zero-order chi connectivity index (χ0) is 15.0. The van der Waals surface area contributed by atoms with Crippen molar-refractivity contribution in [2.75, 3.05) is 0 Å². The van der Waals surface area contributed by atoms with Crippen molar-refractivity contribution in [3.05, 3.63) is 53.3 Å². The van der Waals surface area contributed by atoms with E-state index < -0.39 is 5.60 Å². The number of rotatable bonds is 3. The average Bonchev–Trinajstić information content (AvgIpc) is 2.74. The van der Waals surface area contributed by atoms with E-state index in [1.807, 2.05) is 28.9 Å². The zero-order valence-electron chi connectivity index (χ0n) is 13.0. The summed E-state index contributed by atoms with van der Waals surface area (Å²) in [6.07, 6.45) is 0. The monoisotopic (exact) mass is 272 g/mol. The highest BCUT2D eigenvalue weighted by Crippen LogP contribution is 2.27. The van der Waals surface area contributed by atoms with Crippen molar-refractivity contribution in [2.24, 2.45) is 0 Å². The predicted octanol–water partition coefficient (Wildman–Crippen LogP) is 3.46. The third kappa shape index (κ3) is 3.28. The van der Waals surface area contributed by atoms with Gasteiger partial charge in [-0.3, -0.25) is 4.68 Å². The van der Waals surface area contributed by atoms with Gasteiger partial charge in [0.25, 0.3) is 0 Å². The summed E-state index contributed by atoms with van der Waals surface area (Å²) in [5.41, 5.74) is 2.12. The number of hydrogen-bond acceptors (Lipinski definition) is 2. The third-order valence-corrected chi connectivity index (χ3v) is 3.35. The van der Waals surface area contributed by atoms with Crippen molar-refractivity contribution >= 4 is 0 Å². The number of aromatic nitrogens is 2. The number of benzene rings is 1. The van der Waals surface area contributed by atoms with Crippen LogP contribution in [0.15, 0.2) is 36.4 Å². The summed E-state index contributed by atoms with van der Waals surface area (Å²) in [7, 11) is 0. The van der Waals surface area contributed by atoms with Crippen LogP contribution in [0.25, 0.3) is 0 Å². The van der Waals surface area contributed by atoms with Gasteiger partial charge in [-0.2, -0.15) is 5.10 Å². The first-order valence-electron chi connectivity index (χ1n) is 7.03. The second-order valence-corrected chi connectivity index (χ2v) is 6.87. The lowest BCUT2D eigenvalue weighted by molar-refractivity contribution is 0.0688. The maximum Gasteiger partial charge on any atom is 0.101 e. The van der Waals surface area contributed by atoms with Crippen LogP contribution in [0.3, 0.4) is 0 Å². The molecule has 0 aliphatic rings. The summed E-state index contributed by atoms with van der Waals surface area (Å²) < 4.78 is 1.91. The van der Waals surface area contributed by atoms with Crippen LogP contribution in [0.4, 0.5) is 0 Å². The topological polar surface area (TPSA) is 38.0 Å². The largest absolute Gasteiger partial charge is 0.384 e. The Morgan fingerprint density at radius 2 is 1.65 bits per heavy atom. The van der Waals surface area contributed by atoms with Crippen LogP contribution >= 0.6 is 0 Å². The van der Waals surface area contributed by atoms with Gasteiger partial charge in [-0.25, -0.2) is 0 Å². The van der Waals surface area contributed by atoms with Crippen molar-refractivity contribution in [3.8, 4) is 0 Å². The normalized spacial score (nSPS) is 12.7. The molecule has 2 rings (SSSR count). The molecule has 0 bridgehead atoms. The maximum absolute atomic E-state index is 10.4. The summed E-state index contributed by atoms with van der Waals surface area (Å²) in [6, 6.07) is 12.2. The van der Waals surface area contributed by atoms with Gasteiger partial charge in [0.1, 0.15) is 5.60 Å². The molecule has 0 saturated carbocycles. The highest BCUT2D eigenvalue weighted by atomic mass is 16.3. The van der Waals surface area contributed by atoms with E-state index in [-0.39, 0.29) is 5.41 Å². The van der Waals surface area contributed by atoms with E-state index >= 15 is 0 Å². The van der Waals surface area contributed by atoms with E-state index in [4.69, 9.17) is 5.10 Å². The lowest BCUT2D eigenvalue weighted by Gasteiger charge is -2.19. The predicted molar refractivity (Wildman–Crippen MR) is 81.7 cm³/mol. The molecular weight excluding hydrogens is 248 g/mol. The standard InChI is InChI=1S/C17H24N2O/c1-16(2,3)14-11-15(17(4,5)20)19(18-14)12-13-9-7-6-8-10-13/h6-11,20H,12H2,1-5H3. The van der Waals surface area contributed by atoms with Crippen LogP contribution in [0, 0.1) is 0 Å². The fourth-order valence-electron chi connectivity index (χ4n) is 2.15. The second kappa shape index (κ2) is 5.06. The quantitative estimate of drug-likeness (QED) is 0.929. The minimum atomic E-state index is -0.898. The number of hydrogen-bond donors (Lipinski definition) is 1. The van der Waals surface area contributed by atoms with Crippen molar-refractivity contribution in [1.29, 1.82) is 0 Å². The minimum absolute atomic E-state index is 0.0259. The Bertz CT molecular complexity index is 571. The molecule has 0 amide bonds. The molecule has 2 aromatic rings. The molecule has 1 N–H and O–H groups in total. The van der Waals surface area contributed by atoms with E-state index in [1.165, 1.54) is 5.56 Å². The minimum Gasteiger partial charge on any atom is -0.384 e. The first-order valence-corrected chi connectivity index (χ1v) is 7.03. The molecule has 0 spiro atoms. The molecule has 0 aliphatic carbocycles. The molecule has 0 aliphatic heterocycles. The van der Waals surface area contributed by atoms with E-state index in [0.717, 1.165) is 11.4 Å². The van der Waals surface area contributed by atoms with Crippen molar-refractivity contribution < 1.29 is 5.11 Å². The van der Waals surface area contributed by atoms with Crippen LogP contribution in [-0.2, 0) is 17.6 Å². The van der Waals surface area contributed by atoms with E-state index in [0.29, 0.717) is 6.54 Å². The van der Waals surface area contributed by atoms with Crippen LogP contribution in [0.1, 0.15) is 51.6 Å². The average molecular weight is 272 g/mol. The summed E-state index contributed by atoms with van der Waals surface area (Å²) in [5, 5.41) is 15.1. The Labute approximate surface area is 121 Å². The van der Waals surface area contributed by atoms with Gasteiger partial charge in [0.05, 0.1) is 17.9 Å². The summed E-state index contributed by atoms with van der Waals surface area (Å²) >= 11 is 0. The van der Waals surface area contributed by atoms with Gasteiger partial charge in [-0.05, 0) is 25.5 Å². The van der Waals surface area contributed by atoms with Crippen LogP contribution in [-0.4, -0.2) is 14.9 Å². The molecule has 1 aromatic carbocycles. The zero-order valence-corrected chi connectivity index (χ0v) is 13.0. The van der Waals surface area contributed by atoms with E-state index in [9.17, 15) is 5.11 Å². The van der Waals surface area contributed by atoms with Gasteiger partial charge in [0.15, 0.2) is 0 Å². The van der Waals surface area contributed by atoms with Gasteiger partial charge < -0.3 is 5.11 Å². The molecule has 1 heterocycles. The van der Waals surface area contributed by atoms with Gasteiger partial charge in [-0.1, -0.05) is 51.1 Å². The molecule has 1 aromatic heterocycles. The summed E-state index contributed by atoms with van der Waals surface area (Å²) in [4.78, 5) is 0. The molecule has 3 heteroatoms. The summed E-state index contributed by atoms with van der Waals surface area (Å²) in [5.74, 6) is 0. The first kappa shape index (κ1) is 14.8. The van der Waals surface area contributed by atoms with Crippen molar-refractivity contribution in [3.63, 3.8) is 0 Å². The van der Waals surface area contributed by atoms with Gasteiger partial charge >= 0.3 is 0 Å². The highest BCUT2D eigenvalue weighted by Gasteiger charge is 2.27. The molecule has 0 saturated heterocycles. The molecule has 20 heavy (non-hydrogen) atoms. The Balaban J connectivity index is 2.43. The second-order valence-electron chi connectivity index (χ2n) is 6.87. The molecule has 0 radical (unpaired) electrons. The van der Waals surface area contributed by atoms with Crippen molar-refractivity contribution in [1.82, 2.24) is 9.78 Å². The van der Waals surface area contributed by atoms with E-state index in [2.05, 4.69) is 32.9 Å². The number of aliphatic hydroxyl groups is 1. The molecule has 0 fully saturated rings. The lowest BCUT2D eigenvalue weighted by Crippen LogP contribution is -2.21.